The third-order valence-corrected chi connectivity index (χ3v) is 5.27. The molecule has 0 spiro atoms. The van der Waals surface area contributed by atoms with Crippen molar-refractivity contribution in [3.05, 3.63) is 51.7 Å². The van der Waals surface area contributed by atoms with E-state index in [4.69, 9.17) is 4.74 Å². The molecule has 0 bridgehead atoms. The van der Waals surface area contributed by atoms with Crippen LogP contribution in [0.3, 0.4) is 0 Å². The summed E-state index contributed by atoms with van der Waals surface area (Å²) in [5, 5.41) is 13.8. The second-order valence-corrected chi connectivity index (χ2v) is 7.72. The fourth-order valence-electron chi connectivity index (χ4n) is 2.90. The minimum atomic E-state index is -0.435. The van der Waals surface area contributed by atoms with Gasteiger partial charge in [-0.25, -0.2) is 4.39 Å². The normalized spacial score (nSPS) is 13.6. The molecular formula is C20H23FN4O3S. The van der Waals surface area contributed by atoms with E-state index in [9.17, 15) is 14.0 Å². The number of halogens is 1. The van der Waals surface area contributed by atoms with Crippen LogP contribution in [0.2, 0.25) is 0 Å². The summed E-state index contributed by atoms with van der Waals surface area (Å²) in [6, 6.07) is 5.43. The van der Waals surface area contributed by atoms with Crippen LogP contribution in [-0.4, -0.2) is 35.2 Å². The first-order valence-corrected chi connectivity index (χ1v) is 10.3. The maximum Gasteiger partial charge on any atom is 0.286 e. The third kappa shape index (κ3) is 7.03. The maximum atomic E-state index is 12.9. The summed E-state index contributed by atoms with van der Waals surface area (Å²) in [5.41, 5.74) is 1.88. The highest BCUT2D eigenvalue weighted by Crippen LogP contribution is 2.19. The lowest BCUT2D eigenvalue weighted by Gasteiger charge is -2.12. The van der Waals surface area contributed by atoms with Gasteiger partial charge in [0.1, 0.15) is 24.0 Å². The number of anilines is 1. The van der Waals surface area contributed by atoms with Crippen molar-refractivity contribution in [2.75, 3.05) is 18.5 Å². The molecule has 1 aromatic heterocycles. The van der Waals surface area contributed by atoms with E-state index in [1.54, 1.807) is 0 Å². The van der Waals surface area contributed by atoms with Crippen LogP contribution in [0.15, 0.2) is 35.9 Å². The van der Waals surface area contributed by atoms with Crippen LogP contribution in [0.1, 0.15) is 46.9 Å². The molecule has 1 aliphatic rings. The van der Waals surface area contributed by atoms with Crippen LogP contribution in [0.5, 0.6) is 0 Å². The predicted octanol–water partition coefficient (Wildman–Crippen LogP) is 3.45. The van der Waals surface area contributed by atoms with Crippen LogP contribution in [0, 0.1) is 5.82 Å². The molecule has 0 aliphatic heterocycles. The van der Waals surface area contributed by atoms with E-state index < -0.39 is 5.91 Å². The van der Waals surface area contributed by atoms with Crippen molar-refractivity contribution in [2.45, 2.75) is 38.7 Å². The second kappa shape index (κ2) is 10.8. The van der Waals surface area contributed by atoms with Gasteiger partial charge >= 0.3 is 0 Å². The van der Waals surface area contributed by atoms with Crippen molar-refractivity contribution in [1.82, 2.24) is 15.5 Å². The van der Waals surface area contributed by atoms with Gasteiger partial charge in [0.05, 0.1) is 0 Å². The summed E-state index contributed by atoms with van der Waals surface area (Å²) < 4.78 is 18.3. The number of ether oxygens (including phenoxy) is 1. The van der Waals surface area contributed by atoms with Crippen molar-refractivity contribution in [2.24, 2.45) is 0 Å². The Kier molecular flexibility index (Phi) is 7.83. The maximum absolute atomic E-state index is 12.9. The Morgan fingerprint density at radius 2 is 2.00 bits per heavy atom. The van der Waals surface area contributed by atoms with Crippen LogP contribution in [0.25, 0.3) is 0 Å². The van der Waals surface area contributed by atoms with Crippen molar-refractivity contribution in [1.29, 1.82) is 0 Å². The van der Waals surface area contributed by atoms with Gasteiger partial charge in [-0.2, -0.15) is 0 Å². The lowest BCUT2D eigenvalue weighted by molar-refractivity contribution is -0.126. The Hall–Kier alpha value is -2.65. The molecule has 0 saturated carbocycles. The van der Waals surface area contributed by atoms with E-state index in [1.165, 1.54) is 42.7 Å². The lowest BCUT2D eigenvalue weighted by Crippen LogP contribution is -2.28. The minimum absolute atomic E-state index is 0.0737. The monoisotopic (exact) mass is 418 g/mol. The van der Waals surface area contributed by atoms with Crippen molar-refractivity contribution < 1.29 is 18.7 Å². The Labute approximate surface area is 172 Å². The summed E-state index contributed by atoms with van der Waals surface area (Å²) in [5.74, 6) is -0.996. The predicted molar refractivity (Wildman–Crippen MR) is 108 cm³/mol. The lowest BCUT2D eigenvalue weighted by atomic mass is 9.97. The molecule has 29 heavy (non-hydrogen) atoms. The first-order chi connectivity index (χ1) is 14.1. The molecule has 0 radical (unpaired) electrons. The Morgan fingerprint density at radius 3 is 2.76 bits per heavy atom. The van der Waals surface area contributed by atoms with Gasteiger partial charge < -0.3 is 15.4 Å². The number of rotatable bonds is 9. The molecule has 1 aliphatic carbocycles. The molecule has 7 nitrogen and oxygen atoms in total. The number of aromatic nitrogens is 2. The topological polar surface area (TPSA) is 93.2 Å². The number of nitrogens with zero attached hydrogens (tertiary/aromatic N) is 2. The number of carbonyl (C=O) groups is 2. The molecule has 0 saturated heterocycles. The number of carbonyl (C=O) groups excluding carboxylic acids is 2. The van der Waals surface area contributed by atoms with Gasteiger partial charge in [0, 0.05) is 12.2 Å². The molecule has 0 fully saturated rings. The summed E-state index contributed by atoms with van der Waals surface area (Å²) in [7, 11) is 0. The average Bonchev–Trinajstić information content (AvgIpc) is 3.20. The van der Waals surface area contributed by atoms with E-state index >= 15 is 0 Å². The molecule has 9 heteroatoms. The van der Waals surface area contributed by atoms with Crippen LogP contribution >= 0.6 is 11.3 Å². The highest BCUT2D eigenvalue weighted by atomic mass is 32.1. The van der Waals surface area contributed by atoms with E-state index in [-0.39, 0.29) is 29.9 Å². The van der Waals surface area contributed by atoms with Crippen molar-refractivity contribution >= 4 is 28.8 Å². The summed E-state index contributed by atoms with van der Waals surface area (Å²) in [6.07, 6.45) is 7.90. The fraction of sp³-hybridized carbons (Fsp3) is 0.400. The minimum Gasteiger partial charge on any atom is -0.364 e. The molecule has 1 aromatic carbocycles. The zero-order valence-corrected chi connectivity index (χ0v) is 16.8. The van der Waals surface area contributed by atoms with E-state index in [2.05, 4.69) is 26.9 Å². The summed E-state index contributed by atoms with van der Waals surface area (Å²) in [6.45, 7) is 0.635. The fourth-order valence-corrected chi connectivity index (χ4v) is 3.57. The molecule has 1 heterocycles. The third-order valence-electron chi connectivity index (χ3n) is 4.38. The van der Waals surface area contributed by atoms with Crippen LogP contribution in [0.4, 0.5) is 10.1 Å². The van der Waals surface area contributed by atoms with E-state index in [0.29, 0.717) is 17.2 Å². The smallest absolute Gasteiger partial charge is 0.286 e. The van der Waals surface area contributed by atoms with Gasteiger partial charge in [-0.1, -0.05) is 23.0 Å². The Balaban J connectivity index is 1.35. The standard InChI is InChI=1S/C20H23FN4O3S/c21-15-6-8-16(9-7-15)23-19(27)20-25-24-18(29-20)13-28-12-17(26)22-11-10-14-4-2-1-3-5-14/h4,6-9H,1-3,5,10-13H2,(H,22,26)(H,23,27). The molecule has 2 aromatic rings. The molecule has 0 atom stereocenters. The van der Waals surface area contributed by atoms with E-state index in [0.717, 1.165) is 30.6 Å². The second-order valence-electron chi connectivity index (χ2n) is 6.66. The number of hydrogen-bond acceptors (Lipinski definition) is 6. The van der Waals surface area contributed by atoms with Crippen molar-refractivity contribution in [3.63, 3.8) is 0 Å². The molecule has 2 amide bonds. The average molecular weight is 418 g/mol. The first-order valence-electron chi connectivity index (χ1n) is 9.52. The van der Waals surface area contributed by atoms with Gasteiger partial charge in [0.15, 0.2) is 0 Å². The molecule has 0 unspecified atom stereocenters. The zero-order chi connectivity index (χ0) is 20.5. The number of benzene rings is 1. The van der Waals surface area contributed by atoms with Crippen molar-refractivity contribution in [3.8, 4) is 0 Å². The Bertz CT molecular complexity index is 867. The van der Waals surface area contributed by atoms with Gasteiger partial charge in [0.25, 0.3) is 5.91 Å². The largest absolute Gasteiger partial charge is 0.364 e. The highest BCUT2D eigenvalue weighted by Gasteiger charge is 2.14. The number of allylic oxidation sites excluding steroid dienone is 1. The van der Waals surface area contributed by atoms with Gasteiger partial charge in [-0.15, -0.1) is 10.2 Å². The Morgan fingerprint density at radius 1 is 1.17 bits per heavy atom. The van der Waals surface area contributed by atoms with Gasteiger partial charge in [-0.3, -0.25) is 9.59 Å². The molecule has 2 N–H and O–H groups in total. The quantitative estimate of drug-likeness (QED) is 0.609. The summed E-state index contributed by atoms with van der Waals surface area (Å²) in [4.78, 5) is 24.0. The van der Waals surface area contributed by atoms with Gasteiger partial charge in [0.2, 0.25) is 10.9 Å². The zero-order valence-electron chi connectivity index (χ0n) is 15.9. The number of amides is 2. The van der Waals surface area contributed by atoms with Gasteiger partial charge in [-0.05, 0) is 56.4 Å². The highest BCUT2D eigenvalue weighted by molar-refractivity contribution is 7.13. The summed E-state index contributed by atoms with van der Waals surface area (Å²) >= 11 is 1.08. The first kappa shape index (κ1) is 21.1. The number of hydrogen-bond donors (Lipinski definition) is 2. The molecule has 3 rings (SSSR count). The van der Waals surface area contributed by atoms with Crippen LogP contribution in [-0.2, 0) is 16.1 Å². The van der Waals surface area contributed by atoms with Crippen LogP contribution < -0.4 is 10.6 Å². The van der Waals surface area contributed by atoms with E-state index in [1.807, 2.05) is 0 Å². The SMILES string of the molecule is O=C(COCc1nnc(C(=O)Nc2ccc(F)cc2)s1)NCCC1=CCCCC1. The molecule has 154 valence electrons. The number of nitrogens with one attached hydrogen (secondary N) is 2. The molecular weight excluding hydrogens is 395 g/mol.